The third-order valence-electron chi connectivity index (χ3n) is 2.51. The van der Waals surface area contributed by atoms with Crippen LogP contribution in [0.3, 0.4) is 0 Å². The molecule has 0 aliphatic carbocycles. The van der Waals surface area contributed by atoms with Gasteiger partial charge >= 0.3 is 0 Å². The van der Waals surface area contributed by atoms with Crippen LogP contribution in [0.5, 0.6) is 0 Å². The van der Waals surface area contributed by atoms with Gasteiger partial charge in [0.05, 0.1) is 4.90 Å². The first kappa shape index (κ1) is 16.0. The number of hydrogen-bond donors (Lipinski definition) is 1. The van der Waals surface area contributed by atoms with E-state index >= 15 is 0 Å². The smallest absolute Gasteiger partial charge is 0.236 e. The highest BCUT2D eigenvalue weighted by molar-refractivity contribution is 8.32. The highest BCUT2D eigenvalue weighted by Crippen LogP contribution is 2.30. The van der Waals surface area contributed by atoms with Gasteiger partial charge in [-0.25, -0.2) is 4.21 Å². The molecule has 20 heavy (non-hydrogen) atoms. The Balaban J connectivity index is 2.54. The van der Waals surface area contributed by atoms with E-state index in [1.54, 1.807) is 12.1 Å². The molecule has 2 aromatic carbocycles. The molecular weight excluding hydrogens is 357 g/mol. The molecule has 0 amide bonds. The summed E-state index contributed by atoms with van der Waals surface area (Å²) in [5.74, 6) is 0. The van der Waals surface area contributed by atoms with Gasteiger partial charge in [-0.05, 0) is 17.2 Å². The Morgan fingerprint density at radius 3 is 2.10 bits per heavy atom. The first-order chi connectivity index (χ1) is 9.30. The SMILES string of the molecule is O=S(=S)(NC(Cl)(Cl)Cl)c1ccccc1-c1ccccc1. The summed E-state index contributed by atoms with van der Waals surface area (Å²) in [7, 11) is -3.11. The van der Waals surface area contributed by atoms with Crippen molar-refractivity contribution in [2.24, 2.45) is 0 Å². The average molecular weight is 367 g/mol. The Labute approximate surface area is 137 Å². The number of alkyl halides is 3. The van der Waals surface area contributed by atoms with Crippen LogP contribution >= 0.6 is 34.8 Å². The largest absolute Gasteiger partial charge is 0.256 e. The van der Waals surface area contributed by atoms with Crippen LogP contribution in [0.1, 0.15) is 0 Å². The second kappa shape index (κ2) is 6.18. The lowest BCUT2D eigenvalue weighted by Crippen LogP contribution is -2.34. The number of halogens is 3. The second-order valence-electron chi connectivity index (χ2n) is 3.97. The summed E-state index contributed by atoms with van der Waals surface area (Å²) in [6.45, 7) is 0. The van der Waals surface area contributed by atoms with Gasteiger partial charge < -0.3 is 0 Å². The normalized spacial score (nSPS) is 14.8. The lowest BCUT2D eigenvalue weighted by atomic mass is 10.1. The molecular formula is C13H10Cl3NOS2. The zero-order valence-electron chi connectivity index (χ0n) is 10.1. The van der Waals surface area contributed by atoms with Gasteiger partial charge in [-0.1, -0.05) is 83.3 Å². The van der Waals surface area contributed by atoms with E-state index in [1.807, 2.05) is 42.5 Å². The van der Waals surface area contributed by atoms with Gasteiger partial charge in [0.25, 0.3) is 3.92 Å². The third-order valence-corrected chi connectivity index (χ3v) is 5.43. The van der Waals surface area contributed by atoms with Gasteiger partial charge in [0.2, 0.25) is 0 Å². The van der Waals surface area contributed by atoms with Gasteiger partial charge in [0, 0.05) is 11.2 Å². The van der Waals surface area contributed by atoms with E-state index in [4.69, 9.17) is 46.0 Å². The van der Waals surface area contributed by atoms with Crippen LogP contribution in [0, 0.1) is 0 Å². The van der Waals surface area contributed by atoms with E-state index < -0.39 is 12.6 Å². The zero-order valence-corrected chi connectivity index (χ0v) is 14.0. The van der Waals surface area contributed by atoms with Crippen LogP contribution < -0.4 is 4.72 Å². The Hall–Kier alpha value is -0.360. The minimum absolute atomic E-state index is 0.424. The summed E-state index contributed by atoms with van der Waals surface area (Å²) in [6.07, 6.45) is 0. The third kappa shape index (κ3) is 4.07. The molecule has 106 valence electrons. The molecule has 0 aliphatic heterocycles. The molecule has 0 aromatic heterocycles. The van der Waals surface area contributed by atoms with Crippen molar-refractivity contribution in [2.75, 3.05) is 0 Å². The van der Waals surface area contributed by atoms with Crippen molar-refractivity contribution in [3.63, 3.8) is 0 Å². The quantitative estimate of drug-likeness (QED) is 0.648. The van der Waals surface area contributed by atoms with E-state index in [2.05, 4.69) is 4.72 Å². The molecule has 7 heteroatoms. The molecule has 0 bridgehead atoms. The monoisotopic (exact) mass is 365 g/mol. The fourth-order valence-corrected chi connectivity index (χ4v) is 5.11. The molecule has 1 unspecified atom stereocenters. The Morgan fingerprint density at radius 1 is 0.950 bits per heavy atom. The highest BCUT2D eigenvalue weighted by Gasteiger charge is 2.27. The maximum atomic E-state index is 12.6. The lowest BCUT2D eigenvalue weighted by Gasteiger charge is -2.18. The standard InChI is InChI=1S/C13H10Cl3NOS2/c14-13(15,16)17-20(18,19)12-9-5-4-8-11(12)10-6-2-1-3-7-10/h1-9,17H. The van der Waals surface area contributed by atoms with Crippen molar-refractivity contribution in [3.8, 4) is 11.1 Å². The Kier molecular flexibility index (Phi) is 4.95. The van der Waals surface area contributed by atoms with Crippen LogP contribution in [-0.2, 0) is 19.9 Å². The van der Waals surface area contributed by atoms with Crippen LogP contribution in [0.25, 0.3) is 11.1 Å². The van der Waals surface area contributed by atoms with Crippen molar-refractivity contribution < 1.29 is 4.21 Å². The van der Waals surface area contributed by atoms with Gasteiger partial charge in [0.1, 0.15) is 8.68 Å². The molecule has 2 aromatic rings. The van der Waals surface area contributed by atoms with Gasteiger partial charge in [-0.3, -0.25) is 0 Å². The van der Waals surface area contributed by atoms with Crippen LogP contribution in [0.15, 0.2) is 59.5 Å². The Morgan fingerprint density at radius 2 is 1.50 bits per heavy atom. The van der Waals surface area contributed by atoms with E-state index in [-0.39, 0.29) is 0 Å². The van der Waals surface area contributed by atoms with Crippen molar-refractivity contribution >= 4 is 54.7 Å². The van der Waals surface area contributed by atoms with Crippen LogP contribution in [0.4, 0.5) is 0 Å². The molecule has 2 rings (SSSR count). The predicted octanol–water partition coefficient (Wildman–Crippen LogP) is 4.29. The molecule has 0 aliphatic rings. The number of hydrogen-bond acceptors (Lipinski definition) is 2. The molecule has 1 atom stereocenters. The summed E-state index contributed by atoms with van der Waals surface area (Å²) in [4.78, 5) is 0.424. The summed E-state index contributed by atoms with van der Waals surface area (Å²) in [5, 5.41) is 0. The number of rotatable bonds is 3. The van der Waals surface area contributed by atoms with Gasteiger partial charge in [-0.2, -0.15) is 4.72 Å². The van der Waals surface area contributed by atoms with Crippen molar-refractivity contribution in [3.05, 3.63) is 54.6 Å². The molecule has 0 saturated carbocycles. The van der Waals surface area contributed by atoms with E-state index in [9.17, 15) is 4.21 Å². The average Bonchev–Trinajstić information content (AvgIpc) is 2.37. The van der Waals surface area contributed by atoms with Gasteiger partial charge in [-0.15, -0.1) is 0 Å². The maximum absolute atomic E-state index is 12.6. The van der Waals surface area contributed by atoms with E-state index in [0.29, 0.717) is 4.90 Å². The second-order valence-corrected chi connectivity index (χ2v) is 9.31. The topological polar surface area (TPSA) is 29.1 Å². The summed E-state index contributed by atoms with van der Waals surface area (Å²) in [6, 6.07) is 16.6. The minimum Gasteiger partial charge on any atom is -0.236 e. The fourth-order valence-electron chi connectivity index (χ4n) is 1.76. The summed E-state index contributed by atoms with van der Waals surface area (Å²) in [5.41, 5.74) is 1.64. The van der Waals surface area contributed by atoms with E-state index in [0.717, 1.165) is 11.1 Å². The highest BCUT2D eigenvalue weighted by atomic mass is 35.6. The minimum atomic E-state index is -3.11. The Bertz CT molecular complexity index is 697. The van der Waals surface area contributed by atoms with Gasteiger partial charge in [0.15, 0.2) is 0 Å². The molecule has 2 nitrogen and oxygen atoms in total. The van der Waals surface area contributed by atoms with E-state index in [1.165, 1.54) is 0 Å². The molecule has 0 radical (unpaired) electrons. The number of benzene rings is 2. The van der Waals surface area contributed by atoms with Crippen molar-refractivity contribution in [1.82, 2.24) is 4.72 Å². The number of nitrogens with one attached hydrogen (secondary N) is 1. The van der Waals surface area contributed by atoms with Crippen molar-refractivity contribution in [1.29, 1.82) is 0 Å². The first-order valence-corrected chi connectivity index (χ1v) is 9.16. The molecule has 0 heterocycles. The predicted molar refractivity (Wildman–Crippen MR) is 89.1 cm³/mol. The summed E-state index contributed by atoms with van der Waals surface area (Å²) >= 11 is 22.0. The van der Waals surface area contributed by atoms with Crippen LogP contribution in [0.2, 0.25) is 0 Å². The van der Waals surface area contributed by atoms with Crippen molar-refractivity contribution in [2.45, 2.75) is 8.81 Å². The maximum Gasteiger partial charge on any atom is 0.256 e. The summed E-state index contributed by atoms with van der Waals surface area (Å²) < 4.78 is 13.1. The molecule has 0 saturated heterocycles. The molecule has 0 fully saturated rings. The lowest BCUT2D eigenvalue weighted by molar-refractivity contribution is 0.672. The fraction of sp³-hybridized carbons (Fsp3) is 0.0769. The zero-order chi connectivity index (χ0) is 14.8. The first-order valence-electron chi connectivity index (χ1n) is 5.55. The molecule has 1 N–H and O–H groups in total. The van der Waals surface area contributed by atoms with Crippen LogP contribution in [-0.4, -0.2) is 8.13 Å². The molecule has 0 spiro atoms.